The topological polar surface area (TPSA) is 76.2 Å². The summed E-state index contributed by atoms with van der Waals surface area (Å²) in [6.45, 7) is 1.44. The van der Waals surface area contributed by atoms with Crippen LogP contribution in [-0.4, -0.2) is 63.9 Å². The van der Waals surface area contributed by atoms with Crippen LogP contribution in [0, 0.1) is 5.92 Å². The second-order valence-corrected chi connectivity index (χ2v) is 9.06. The first-order valence-corrected chi connectivity index (χ1v) is 10.9. The predicted molar refractivity (Wildman–Crippen MR) is 101 cm³/mol. The molecular weight excluding hydrogens is 368 g/mol. The van der Waals surface area contributed by atoms with E-state index in [0.29, 0.717) is 44.3 Å². The molecule has 1 saturated carbocycles. The normalized spacial score (nSPS) is 19.3. The first kappa shape index (κ1) is 19.9. The number of carbonyl (C=O) groups is 1. The van der Waals surface area contributed by atoms with Gasteiger partial charge < -0.3 is 14.4 Å². The Morgan fingerprint density at radius 2 is 1.74 bits per heavy atom. The molecule has 3 rings (SSSR count). The lowest BCUT2D eigenvalue weighted by Gasteiger charge is -2.34. The summed E-state index contributed by atoms with van der Waals surface area (Å²) in [5.74, 6) is 1.40. The van der Waals surface area contributed by atoms with Gasteiger partial charge in [0.15, 0.2) is 0 Å². The number of rotatable bonds is 6. The molecule has 2 aliphatic rings. The van der Waals surface area contributed by atoms with Crippen molar-refractivity contribution in [3.63, 3.8) is 0 Å². The van der Waals surface area contributed by atoms with Crippen molar-refractivity contribution in [3.05, 3.63) is 18.2 Å². The van der Waals surface area contributed by atoms with Crippen LogP contribution in [-0.2, 0) is 14.8 Å². The van der Waals surface area contributed by atoms with Gasteiger partial charge in [-0.05, 0) is 30.9 Å². The Morgan fingerprint density at radius 3 is 2.33 bits per heavy atom. The third-order valence-corrected chi connectivity index (χ3v) is 7.44. The van der Waals surface area contributed by atoms with Crippen molar-refractivity contribution in [2.45, 2.75) is 37.0 Å². The number of piperazine rings is 1. The quantitative estimate of drug-likeness (QED) is 0.736. The highest BCUT2D eigenvalue weighted by Crippen LogP contribution is 2.31. The highest BCUT2D eigenvalue weighted by Gasteiger charge is 2.33. The minimum absolute atomic E-state index is 0.0927. The largest absolute Gasteiger partial charge is 0.497 e. The Balaban J connectivity index is 1.67. The van der Waals surface area contributed by atoms with Crippen LogP contribution in [0.3, 0.4) is 0 Å². The van der Waals surface area contributed by atoms with Gasteiger partial charge in [0, 0.05) is 38.7 Å². The van der Waals surface area contributed by atoms with Gasteiger partial charge in [-0.2, -0.15) is 4.31 Å². The molecule has 0 bridgehead atoms. The van der Waals surface area contributed by atoms with E-state index in [9.17, 15) is 13.2 Å². The number of hydrogen-bond acceptors (Lipinski definition) is 5. The fourth-order valence-electron chi connectivity index (χ4n) is 3.89. The van der Waals surface area contributed by atoms with Crippen molar-refractivity contribution in [3.8, 4) is 11.5 Å². The fourth-order valence-corrected chi connectivity index (χ4v) is 5.49. The van der Waals surface area contributed by atoms with Crippen LogP contribution in [0.5, 0.6) is 11.5 Å². The second kappa shape index (κ2) is 8.48. The van der Waals surface area contributed by atoms with Gasteiger partial charge in [-0.3, -0.25) is 4.79 Å². The fraction of sp³-hybridized carbons (Fsp3) is 0.632. The lowest BCUT2D eigenvalue weighted by atomic mass is 10.0. The third-order valence-electron chi connectivity index (χ3n) is 5.52. The zero-order valence-electron chi connectivity index (χ0n) is 16.0. The minimum Gasteiger partial charge on any atom is -0.497 e. The van der Waals surface area contributed by atoms with E-state index in [-0.39, 0.29) is 16.6 Å². The van der Waals surface area contributed by atoms with E-state index in [1.807, 2.05) is 0 Å². The minimum atomic E-state index is -3.72. The van der Waals surface area contributed by atoms with Crippen molar-refractivity contribution in [1.29, 1.82) is 0 Å². The van der Waals surface area contributed by atoms with Gasteiger partial charge in [0.25, 0.3) is 0 Å². The van der Waals surface area contributed by atoms with Crippen molar-refractivity contribution < 1.29 is 22.7 Å². The van der Waals surface area contributed by atoms with Crippen LogP contribution in [0.2, 0.25) is 0 Å². The van der Waals surface area contributed by atoms with E-state index in [0.717, 1.165) is 12.8 Å². The number of benzene rings is 1. The molecule has 8 heteroatoms. The van der Waals surface area contributed by atoms with Crippen LogP contribution in [0.15, 0.2) is 23.1 Å². The van der Waals surface area contributed by atoms with Gasteiger partial charge in [0.2, 0.25) is 15.9 Å². The highest BCUT2D eigenvalue weighted by molar-refractivity contribution is 7.89. The van der Waals surface area contributed by atoms with Crippen molar-refractivity contribution in [2.24, 2.45) is 5.92 Å². The van der Waals surface area contributed by atoms with Crippen LogP contribution >= 0.6 is 0 Å². The molecule has 1 saturated heterocycles. The number of carbonyl (C=O) groups excluding carboxylic acids is 1. The summed E-state index contributed by atoms with van der Waals surface area (Å²) in [6.07, 6.45) is 5.29. The standard InChI is InChI=1S/C19H28N2O5S/c1-25-16-7-8-17(26-2)18(14-16)27(23,24)21-11-9-20(10-12-21)19(22)13-15-5-3-4-6-15/h7-8,14-15H,3-6,9-13H2,1-2H3. The summed E-state index contributed by atoms with van der Waals surface area (Å²) in [6, 6.07) is 4.73. The average Bonchev–Trinajstić information content (AvgIpc) is 3.20. The summed E-state index contributed by atoms with van der Waals surface area (Å²) < 4.78 is 38.0. The predicted octanol–water partition coefficient (Wildman–Crippen LogP) is 2.12. The Labute approximate surface area is 161 Å². The molecule has 0 atom stereocenters. The van der Waals surface area contributed by atoms with Crippen LogP contribution in [0.1, 0.15) is 32.1 Å². The zero-order valence-corrected chi connectivity index (χ0v) is 16.8. The Kier molecular flexibility index (Phi) is 6.26. The molecule has 1 aliphatic heterocycles. The van der Waals surface area contributed by atoms with Gasteiger partial charge in [-0.15, -0.1) is 0 Å². The maximum Gasteiger partial charge on any atom is 0.247 e. The molecule has 1 amide bonds. The molecule has 0 N–H and O–H groups in total. The molecule has 150 valence electrons. The molecule has 0 radical (unpaired) electrons. The summed E-state index contributed by atoms with van der Waals surface area (Å²) in [5, 5.41) is 0. The zero-order chi connectivity index (χ0) is 19.4. The number of ether oxygens (including phenoxy) is 2. The molecule has 7 nitrogen and oxygen atoms in total. The number of amides is 1. The van der Waals surface area contributed by atoms with Crippen molar-refractivity contribution >= 4 is 15.9 Å². The maximum absolute atomic E-state index is 13.1. The molecule has 0 unspecified atom stereocenters. The maximum atomic E-state index is 13.1. The van der Waals surface area contributed by atoms with E-state index in [4.69, 9.17) is 9.47 Å². The van der Waals surface area contributed by atoms with E-state index in [1.165, 1.54) is 37.4 Å². The summed E-state index contributed by atoms with van der Waals surface area (Å²) in [4.78, 5) is 14.4. The molecule has 0 aromatic heterocycles. The lowest BCUT2D eigenvalue weighted by molar-refractivity contribution is -0.133. The van der Waals surface area contributed by atoms with Gasteiger partial charge in [-0.25, -0.2) is 8.42 Å². The molecule has 1 aromatic rings. The Morgan fingerprint density at radius 1 is 1.07 bits per heavy atom. The number of nitrogens with zero attached hydrogens (tertiary/aromatic N) is 2. The molecule has 1 aliphatic carbocycles. The number of sulfonamides is 1. The molecule has 27 heavy (non-hydrogen) atoms. The van der Waals surface area contributed by atoms with Crippen LogP contribution in [0.4, 0.5) is 0 Å². The third kappa shape index (κ3) is 4.38. The van der Waals surface area contributed by atoms with E-state index in [2.05, 4.69) is 0 Å². The van der Waals surface area contributed by atoms with Crippen molar-refractivity contribution in [1.82, 2.24) is 9.21 Å². The van der Waals surface area contributed by atoms with Crippen LogP contribution < -0.4 is 9.47 Å². The Bertz CT molecular complexity index is 766. The van der Waals surface area contributed by atoms with E-state index in [1.54, 1.807) is 17.0 Å². The van der Waals surface area contributed by atoms with E-state index < -0.39 is 10.0 Å². The number of hydrogen-bond donors (Lipinski definition) is 0. The SMILES string of the molecule is COc1ccc(OC)c(S(=O)(=O)N2CCN(C(=O)CC3CCCC3)CC2)c1. The average molecular weight is 397 g/mol. The van der Waals surface area contributed by atoms with E-state index >= 15 is 0 Å². The van der Waals surface area contributed by atoms with Gasteiger partial charge in [-0.1, -0.05) is 12.8 Å². The van der Waals surface area contributed by atoms with Gasteiger partial charge in [0.05, 0.1) is 14.2 Å². The van der Waals surface area contributed by atoms with Gasteiger partial charge >= 0.3 is 0 Å². The summed E-state index contributed by atoms with van der Waals surface area (Å²) in [5.41, 5.74) is 0. The molecular formula is C19H28N2O5S. The molecule has 0 spiro atoms. The summed E-state index contributed by atoms with van der Waals surface area (Å²) >= 11 is 0. The highest BCUT2D eigenvalue weighted by atomic mass is 32.2. The molecule has 2 fully saturated rings. The van der Waals surface area contributed by atoms with Gasteiger partial charge in [0.1, 0.15) is 16.4 Å². The van der Waals surface area contributed by atoms with Crippen LogP contribution in [0.25, 0.3) is 0 Å². The molecule has 1 heterocycles. The van der Waals surface area contributed by atoms with Crippen molar-refractivity contribution in [2.75, 3.05) is 40.4 Å². The smallest absolute Gasteiger partial charge is 0.247 e. The Hall–Kier alpha value is -1.80. The summed E-state index contributed by atoms with van der Waals surface area (Å²) in [7, 11) is -0.781. The first-order valence-electron chi connectivity index (χ1n) is 9.45. The second-order valence-electron chi connectivity index (χ2n) is 7.16. The molecule has 1 aromatic carbocycles. The first-order chi connectivity index (χ1) is 13.0. The monoisotopic (exact) mass is 396 g/mol. The lowest BCUT2D eigenvalue weighted by Crippen LogP contribution is -2.50. The number of methoxy groups -OCH3 is 2.